The van der Waals surface area contributed by atoms with Crippen LogP contribution in [0.2, 0.25) is 0 Å². The highest BCUT2D eigenvalue weighted by molar-refractivity contribution is 5.56. The maximum atomic E-state index is 5.82. The highest BCUT2D eigenvalue weighted by Gasteiger charge is 2.03. The summed E-state index contributed by atoms with van der Waals surface area (Å²) in [7, 11) is 0. The van der Waals surface area contributed by atoms with E-state index in [1.165, 1.54) is 44.9 Å². The van der Waals surface area contributed by atoms with Crippen LogP contribution in [0.3, 0.4) is 0 Å². The van der Waals surface area contributed by atoms with Crippen LogP contribution in [0.1, 0.15) is 84.5 Å². The summed E-state index contributed by atoms with van der Waals surface area (Å²) >= 11 is 0. The average molecular weight is 469 g/mol. The Bertz CT molecular complexity index is 760. The number of unbranched alkanes of at least 4 members (excludes halogenated alkanes) is 8. The summed E-state index contributed by atoms with van der Waals surface area (Å²) in [6.07, 6.45) is 21.2. The van der Waals surface area contributed by atoms with Crippen molar-refractivity contribution in [2.45, 2.75) is 84.5 Å². The Hall–Kier alpha value is -2.40. The van der Waals surface area contributed by atoms with Crippen molar-refractivity contribution in [2.24, 2.45) is 0 Å². The van der Waals surface area contributed by atoms with E-state index in [2.05, 4.69) is 36.0 Å². The normalized spacial score (nSPS) is 11.2. The van der Waals surface area contributed by atoms with Gasteiger partial charge in [-0.05, 0) is 56.4 Å². The molecule has 0 N–H and O–H groups in total. The van der Waals surface area contributed by atoms with Crippen LogP contribution in [0, 0.1) is 0 Å². The van der Waals surface area contributed by atoms with E-state index in [9.17, 15) is 0 Å². The van der Waals surface area contributed by atoms with Crippen LogP contribution in [0.4, 0.5) is 0 Å². The first-order valence-corrected chi connectivity index (χ1v) is 13.2. The number of hydrogen-bond donors (Lipinski definition) is 0. The smallest absolute Gasteiger partial charge is 0.159 e. The molecule has 34 heavy (non-hydrogen) atoms. The molecule has 0 bridgehead atoms. The van der Waals surface area contributed by atoms with Crippen LogP contribution in [-0.2, 0) is 4.74 Å². The Balaban J connectivity index is 1.60. The van der Waals surface area contributed by atoms with E-state index < -0.39 is 0 Å². The fraction of sp³-hybridized carbons (Fsp3) is 0.586. The number of aromatic nitrogens is 2. The molecule has 0 spiro atoms. The van der Waals surface area contributed by atoms with Crippen molar-refractivity contribution in [1.29, 1.82) is 0 Å². The maximum Gasteiger partial charge on any atom is 0.159 e. The number of rotatable bonds is 20. The highest BCUT2D eigenvalue weighted by atomic mass is 16.5. The molecule has 0 fully saturated rings. The van der Waals surface area contributed by atoms with Crippen LogP contribution in [0.15, 0.2) is 48.8 Å². The number of ether oxygens (including phenoxy) is 3. The second kappa shape index (κ2) is 19.0. The van der Waals surface area contributed by atoms with Crippen molar-refractivity contribution in [2.75, 3.05) is 26.4 Å². The molecule has 0 saturated heterocycles. The van der Waals surface area contributed by atoms with Crippen LogP contribution < -0.4 is 9.47 Å². The van der Waals surface area contributed by atoms with Gasteiger partial charge >= 0.3 is 0 Å². The van der Waals surface area contributed by atoms with Gasteiger partial charge in [0.1, 0.15) is 12.4 Å². The van der Waals surface area contributed by atoms with Crippen LogP contribution in [0.25, 0.3) is 11.4 Å². The molecule has 1 aromatic carbocycles. The minimum absolute atomic E-state index is 0.551. The predicted molar refractivity (Wildman–Crippen MR) is 141 cm³/mol. The number of nitrogens with zero attached hydrogens (tertiary/aromatic N) is 2. The van der Waals surface area contributed by atoms with E-state index in [1.807, 2.05) is 24.3 Å². The summed E-state index contributed by atoms with van der Waals surface area (Å²) < 4.78 is 17.1. The monoisotopic (exact) mass is 468 g/mol. The van der Waals surface area contributed by atoms with E-state index in [0.29, 0.717) is 24.8 Å². The quantitative estimate of drug-likeness (QED) is 0.146. The maximum absolute atomic E-state index is 5.82. The highest BCUT2D eigenvalue weighted by Crippen LogP contribution is 2.20. The average Bonchev–Trinajstić information content (AvgIpc) is 2.87. The first-order valence-electron chi connectivity index (χ1n) is 13.2. The van der Waals surface area contributed by atoms with Crippen molar-refractivity contribution in [3.05, 3.63) is 48.8 Å². The lowest BCUT2D eigenvalue weighted by atomic mass is 10.1. The van der Waals surface area contributed by atoms with Gasteiger partial charge in [0.15, 0.2) is 11.6 Å². The second-order valence-electron chi connectivity index (χ2n) is 8.63. The van der Waals surface area contributed by atoms with E-state index in [0.717, 1.165) is 50.2 Å². The first kappa shape index (κ1) is 27.8. The minimum atomic E-state index is 0.551. The summed E-state index contributed by atoms with van der Waals surface area (Å²) in [6, 6.07) is 7.92. The molecule has 188 valence electrons. The molecular formula is C29H44N2O3. The third-order valence-electron chi connectivity index (χ3n) is 5.57. The van der Waals surface area contributed by atoms with Crippen molar-refractivity contribution >= 4 is 0 Å². The molecule has 0 atom stereocenters. The minimum Gasteiger partial charge on any atom is -0.494 e. The van der Waals surface area contributed by atoms with Gasteiger partial charge in [0, 0.05) is 18.8 Å². The van der Waals surface area contributed by atoms with Crippen molar-refractivity contribution in [3.8, 4) is 22.9 Å². The van der Waals surface area contributed by atoms with Crippen LogP contribution in [-0.4, -0.2) is 36.4 Å². The summed E-state index contributed by atoms with van der Waals surface area (Å²) in [5.74, 6) is 2.23. The molecule has 1 aromatic heterocycles. The zero-order valence-electron chi connectivity index (χ0n) is 21.3. The molecule has 0 saturated carbocycles. The fourth-order valence-corrected chi connectivity index (χ4v) is 3.46. The third kappa shape index (κ3) is 12.7. The lowest BCUT2D eigenvalue weighted by Crippen LogP contribution is -2.01. The van der Waals surface area contributed by atoms with Gasteiger partial charge in [-0.25, -0.2) is 9.97 Å². The van der Waals surface area contributed by atoms with Gasteiger partial charge in [0.25, 0.3) is 0 Å². The summed E-state index contributed by atoms with van der Waals surface area (Å²) in [6.45, 7) is 7.36. The Morgan fingerprint density at radius 1 is 0.647 bits per heavy atom. The zero-order valence-corrected chi connectivity index (χ0v) is 21.3. The number of allylic oxidation sites excluding steroid dienone is 1. The van der Waals surface area contributed by atoms with Crippen molar-refractivity contribution in [1.82, 2.24) is 9.97 Å². The largest absolute Gasteiger partial charge is 0.494 e. The van der Waals surface area contributed by atoms with Gasteiger partial charge in [-0.1, -0.05) is 64.5 Å². The molecule has 1 heterocycles. The second-order valence-corrected chi connectivity index (χ2v) is 8.63. The molecule has 2 aromatic rings. The molecule has 5 nitrogen and oxygen atoms in total. The Kier molecular flexibility index (Phi) is 15.5. The molecule has 0 aliphatic rings. The molecule has 5 heteroatoms. The predicted octanol–water partition coefficient (Wildman–Crippen LogP) is 7.80. The van der Waals surface area contributed by atoms with Gasteiger partial charge in [0.2, 0.25) is 0 Å². The third-order valence-corrected chi connectivity index (χ3v) is 5.57. The van der Waals surface area contributed by atoms with Crippen LogP contribution >= 0.6 is 0 Å². The van der Waals surface area contributed by atoms with Crippen molar-refractivity contribution < 1.29 is 14.2 Å². The van der Waals surface area contributed by atoms with Gasteiger partial charge in [-0.15, -0.1) is 0 Å². The van der Waals surface area contributed by atoms with Crippen LogP contribution in [0.5, 0.6) is 11.5 Å². The molecular weight excluding hydrogens is 424 g/mol. The topological polar surface area (TPSA) is 53.5 Å². The van der Waals surface area contributed by atoms with Gasteiger partial charge in [0.05, 0.1) is 19.0 Å². The number of hydrogen-bond acceptors (Lipinski definition) is 5. The summed E-state index contributed by atoms with van der Waals surface area (Å²) in [5, 5.41) is 0. The molecule has 0 aliphatic carbocycles. The molecule has 0 radical (unpaired) electrons. The first-order chi connectivity index (χ1) is 16.8. The molecule has 0 amide bonds. The van der Waals surface area contributed by atoms with E-state index in [4.69, 9.17) is 14.2 Å². The summed E-state index contributed by atoms with van der Waals surface area (Å²) in [5.41, 5.74) is 0.960. The number of benzene rings is 1. The lowest BCUT2D eigenvalue weighted by molar-refractivity contribution is 0.123. The van der Waals surface area contributed by atoms with E-state index in [1.54, 1.807) is 12.4 Å². The van der Waals surface area contributed by atoms with Gasteiger partial charge in [-0.2, -0.15) is 0 Å². The summed E-state index contributed by atoms with van der Waals surface area (Å²) in [4.78, 5) is 8.89. The standard InChI is InChI=1S/C29H44N2O3/c1-3-5-7-8-9-10-11-12-13-22-34-28-24-30-29(31-25-28)26-16-18-27(19-17-26)33-23-15-14-21-32-20-6-4-2/h12-13,16-19,24-25H,3-11,14-15,20-23H2,1-2H3. The van der Waals surface area contributed by atoms with E-state index >= 15 is 0 Å². The molecule has 0 aliphatic heterocycles. The fourth-order valence-electron chi connectivity index (χ4n) is 3.46. The Morgan fingerprint density at radius 2 is 1.32 bits per heavy atom. The van der Waals surface area contributed by atoms with Crippen molar-refractivity contribution in [3.63, 3.8) is 0 Å². The SMILES string of the molecule is CCCCCCCCC=CCOc1cnc(-c2ccc(OCCCCOCCCC)cc2)nc1. The Labute approximate surface area is 207 Å². The van der Waals surface area contributed by atoms with Gasteiger partial charge < -0.3 is 14.2 Å². The zero-order chi connectivity index (χ0) is 24.1. The molecule has 2 rings (SSSR count). The Morgan fingerprint density at radius 3 is 2.09 bits per heavy atom. The molecule has 0 unspecified atom stereocenters. The van der Waals surface area contributed by atoms with E-state index in [-0.39, 0.29) is 0 Å². The van der Waals surface area contributed by atoms with Gasteiger partial charge in [-0.3, -0.25) is 0 Å². The lowest BCUT2D eigenvalue weighted by Gasteiger charge is -2.08.